The molecule has 0 aromatic heterocycles. The average molecular weight is 287 g/mol. The van der Waals surface area contributed by atoms with Crippen LogP contribution < -0.4 is 5.32 Å². The van der Waals surface area contributed by atoms with Crippen molar-refractivity contribution in [1.29, 1.82) is 0 Å². The number of benzene rings is 1. The Morgan fingerprint density at radius 2 is 1.86 bits per heavy atom. The second-order valence-corrected chi connectivity index (χ2v) is 5.34. The first-order valence-corrected chi connectivity index (χ1v) is 7.07. The number of rotatable bonds is 4. The summed E-state index contributed by atoms with van der Waals surface area (Å²) in [6, 6.07) is 7.54. The lowest BCUT2D eigenvalue weighted by molar-refractivity contribution is -0.145. The summed E-state index contributed by atoms with van der Waals surface area (Å²) in [7, 11) is 0. The molecule has 2 N–H and O–H groups in total. The van der Waals surface area contributed by atoms with Gasteiger partial charge in [0.15, 0.2) is 0 Å². The van der Waals surface area contributed by atoms with Gasteiger partial charge in [0.25, 0.3) is 0 Å². The van der Waals surface area contributed by atoms with E-state index in [1.54, 1.807) is 12.2 Å². The van der Waals surface area contributed by atoms with Crippen LogP contribution in [-0.2, 0) is 20.7 Å². The molecule has 1 aromatic carbocycles. The monoisotopic (exact) mass is 287 g/mol. The second kappa shape index (κ2) is 5.33. The molecule has 3 rings (SSSR count). The van der Waals surface area contributed by atoms with Gasteiger partial charge in [0.05, 0.1) is 18.1 Å². The van der Waals surface area contributed by atoms with Crippen LogP contribution in [0.2, 0.25) is 0 Å². The molecule has 0 aliphatic carbocycles. The Morgan fingerprint density at radius 1 is 1.19 bits per heavy atom. The van der Waals surface area contributed by atoms with Crippen LogP contribution in [0.3, 0.4) is 0 Å². The van der Waals surface area contributed by atoms with Gasteiger partial charge in [0.1, 0.15) is 5.92 Å². The molecular weight excluding hydrogens is 270 g/mol. The molecule has 0 radical (unpaired) electrons. The summed E-state index contributed by atoms with van der Waals surface area (Å²) in [5.41, 5.74) is 1.76. The van der Waals surface area contributed by atoms with Crippen LogP contribution in [0, 0.1) is 11.8 Å². The van der Waals surface area contributed by atoms with Crippen molar-refractivity contribution < 1.29 is 19.4 Å². The van der Waals surface area contributed by atoms with Crippen molar-refractivity contribution in [3.63, 3.8) is 0 Å². The van der Waals surface area contributed by atoms with Gasteiger partial charge >= 0.3 is 5.97 Å². The highest BCUT2D eigenvalue weighted by atomic mass is 16.5. The van der Waals surface area contributed by atoms with E-state index in [-0.39, 0.29) is 5.91 Å². The molecule has 2 aliphatic heterocycles. The predicted octanol–water partition coefficient (Wildman–Crippen LogP) is 1.84. The summed E-state index contributed by atoms with van der Waals surface area (Å²) in [5, 5.41) is 12.2. The molecule has 1 aromatic rings. The van der Waals surface area contributed by atoms with Gasteiger partial charge in [-0.1, -0.05) is 37.3 Å². The number of nitrogens with one attached hydrogen (secondary N) is 1. The standard InChI is InChI=1S/C16H17NO4/c1-2-9-5-3-4-6-10(9)17-15(18)13-11-7-8-12(21-11)14(13)16(19)20/h3-8,11-14H,2H2,1H3,(H,17,18)(H,19,20)/t11-,12-,13+,14-/m1/s1. The van der Waals surface area contributed by atoms with E-state index >= 15 is 0 Å². The first-order valence-electron chi connectivity index (χ1n) is 7.07. The zero-order valence-electron chi connectivity index (χ0n) is 11.7. The maximum Gasteiger partial charge on any atom is 0.310 e. The lowest BCUT2D eigenvalue weighted by Gasteiger charge is -2.21. The highest BCUT2D eigenvalue weighted by Gasteiger charge is 2.53. The number of carboxylic acids is 1. The first-order chi connectivity index (χ1) is 10.1. The Morgan fingerprint density at radius 3 is 2.52 bits per heavy atom. The molecule has 0 unspecified atom stereocenters. The number of hydrogen-bond donors (Lipinski definition) is 2. The van der Waals surface area contributed by atoms with Crippen molar-refractivity contribution >= 4 is 17.6 Å². The van der Waals surface area contributed by atoms with Gasteiger partial charge in [-0.3, -0.25) is 9.59 Å². The van der Waals surface area contributed by atoms with E-state index in [0.29, 0.717) is 0 Å². The molecule has 2 aliphatic rings. The topological polar surface area (TPSA) is 75.6 Å². The van der Waals surface area contributed by atoms with Crippen molar-refractivity contribution in [2.24, 2.45) is 11.8 Å². The fourth-order valence-electron chi connectivity index (χ4n) is 3.08. The molecule has 4 atom stereocenters. The normalized spacial score (nSPS) is 29.6. The molecule has 110 valence electrons. The number of carbonyl (C=O) groups is 2. The van der Waals surface area contributed by atoms with Crippen LogP contribution in [0.25, 0.3) is 0 Å². The van der Waals surface area contributed by atoms with Gasteiger partial charge in [-0.2, -0.15) is 0 Å². The van der Waals surface area contributed by atoms with E-state index in [0.717, 1.165) is 17.7 Å². The molecular formula is C16H17NO4. The molecule has 2 heterocycles. The third kappa shape index (κ3) is 2.34. The number of amides is 1. The molecule has 0 saturated carbocycles. The van der Waals surface area contributed by atoms with Gasteiger partial charge in [-0.25, -0.2) is 0 Å². The van der Waals surface area contributed by atoms with Crippen molar-refractivity contribution in [2.75, 3.05) is 5.32 Å². The maximum atomic E-state index is 12.5. The van der Waals surface area contributed by atoms with E-state index in [4.69, 9.17) is 4.74 Å². The van der Waals surface area contributed by atoms with Crippen LogP contribution in [0.1, 0.15) is 12.5 Å². The van der Waals surface area contributed by atoms with Gasteiger partial charge < -0.3 is 15.2 Å². The second-order valence-electron chi connectivity index (χ2n) is 5.34. The molecule has 1 fully saturated rings. The molecule has 0 spiro atoms. The highest BCUT2D eigenvalue weighted by Crippen LogP contribution is 2.40. The van der Waals surface area contributed by atoms with E-state index in [1.165, 1.54) is 0 Å². The number of carboxylic acid groups (broad SMARTS) is 1. The van der Waals surface area contributed by atoms with Crippen LogP contribution in [0.5, 0.6) is 0 Å². The number of aliphatic carboxylic acids is 1. The number of carbonyl (C=O) groups excluding carboxylic acids is 1. The Bertz CT molecular complexity index is 610. The summed E-state index contributed by atoms with van der Waals surface area (Å²) in [4.78, 5) is 23.9. The van der Waals surface area contributed by atoms with Gasteiger partial charge in [0, 0.05) is 5.69 Å². The van der Waals surface area contributed by atoms with E-state index in [9.17, 15) is 14.7 Å². The summed E-state index contributed by atoms with van der Waals surface area (Å²) in [5.74, 6) is -2.77. The van der Waals surface area contributed by atoms with Crippen molar-refractivity contribution in [2.45, 2.75) is 25.6 Å². The Hall–Kier alpha value is -2.14. The SMILES string of the molecule is CCc1ccccc1NC(=O)[C@@H]1[C@H](C(=O)O)[C@H]2C=C[C@H]1O2. The Balaban J connectivity index is 1.82. The number of para-hydroxylation sites is 1. The smallest absolute Gasteiger partial charge is 0.310 e. The molecule has 21 heavy (non-hydrogen) atoms. The largest absolute Gasteiger partial charge is 0.481 e. The minimum atomic E-state index is -0.990. The minimum absolute atomic E-state index is 0.292. The fraction of sp³-hybridized carbons (Fsp3) is 0.375. The molecule has 5 nitrogen and oxygen atoms in total. The Labute approximate surface area is 122 Å². The van der Waals surface area contributed by atoms with Crippen molar-refractivity contribution in [3.8, 4) is 0 Å². The van der Waals surface area contributed by atoms with Crippen molar-refractivity contribution in [1.82, 2.24) is 0 Å². The summed E-state index contributed by atoms with van der Waals surface area (Å²) < 4.78 is 5.52. The molecule has 2 bridgehead atoms. The summed E-state index contributed by atoms with van der Waals surface area (Å²) in [6.07, 6.45) is 3.37. The lowest BCUT2D eigenvalue weighted by atomic mass is 9.82. The summed E-state index contributed by atoms with van der Waals surface area (Å²) >= 11 is 0. The van der Waals surface area contributed by atoms with Crippen LogP contribution in [-0.4, -0.2) is 29.2 Å². The van der Waals surface area contributed by atoms with E-state index in [1.807, 2.05) is 31.2 Å². The molecule has 1 amide bonds. The van der Waals surface area contributed by atoms with Gasteiger partial charge in [-0.05, 0) is 18.1 Å². The number of anilines is 1. The Kier molecular flexibility index (Phi) is 3.51. The maximum absolute atomic E-state index is 12.5. The van der Waals surface area contributed by atoms with Crippen molar-refractivity contribution in [3.05, 3.63) is 42.0 Å². The zero-order valence-corrected chi connectivity index (χ0v) is 11.7. The third-order valence-corrected chi connectivity index (χ3v) is 4.14. The van der Waals surface area contributed by atoms with Crippen LogP contribution in [0.4, 0.5) is 5.69 Å². The number of ether oxygens (including phenoxy) is 1. The quantitative estimate of drug-likeness (QED) is 0.829. The van der Waals surface area contributed by atoms with Gasteiger partial charge in [-0.15, -0.1) is 0 Å². The average Bonchev–Trinajstić information content (AvgIpc) is 3.08. The summed E-state index contributed by atoms with van der Waals surface area (Å²) in [6.45, 7) is 2.01. The number of hydrogen-bond acceptors (Lipinski definition) is 3. The first kappa shape index (κ1) is 13.8. The minimum Gasteiger partial charge on any atom is -0.481 e. The predicted molar refractivity (Wildman–Crippen MR) is 76.9 cm³/mol. The number of aryl methyl sites for hydroxylation is 1. The van der Waals surface area contributed by atoms with E-state index < -0.39 is 30.0 Å². The zero-order chi connectivity index (χ0) is 15.0. The third-order valence-electron chi connectivity index (χ3n) is 4.14. The van der Waals surface area contributed by atoms with E-state index in [2.05, 4.69) is 5.32 Å². The number of fused-ring (bicyclic) bond motifs is 2. The lowest BCUT2D eigenvalue weighted by Crippen LogP contribution is -2.39. The van der Waals surface area contributed by atoms with Crippen LogP contribution in [0.15, 0.2) is 36.4 Å². The van der Waals surface area contributed by atoms with Crippen LogP contribution >= 0.6 is 0 Å². The molecule has 5 heteroatoms. The fourth-order valence-corrected chi connectivity index (χ4v) is 3.08. The molecule has 1 saturated heterocycles. The highest BCUT2D eigenvalue weighted by molar-refractivity contribution is 5.97. The van der Waals surface area contributed by atoms with Gasteiger partial charge in [0.2, 0.25) is 5.91 Å².